The zero-order valence-electron chi connectivity index (χ0n) is 12.4. The van der Waals surface area contributed by atoms with Gasteiger partial charge in [-0.15, -0.1) is 0 Å². The summed E-state index contributed by atoms with van der Waals surface area (Å²) in [5, 5.41) is 4.44. The highest BCUT2D eigenvalue weighted by Crippen LogP contribution is 2.31. The van der Waals surface area contributed by atoms with Crippen molar-refractivity contribution in [1.29, 1.82) is 0 Å². The lowest BCUT2D eigenvalue weighted by Gasteiger charge is -2.13. The average molecular weight is 400 g/mol. The van der Waals surface area contributed by atoms with E-state index < -0.39 is 5.97 Å². The van der Waals surface area contributed by atoms with E-state index in [2.05, 4.69) is 41.5 Å². The Balaban J connectivity index is 2.70. The number of benzene rings is 1. The molecule has 1 aromatic heterocycles. The molecule has 2 aromatic rings. The fraction of sp³-hybridized carbons (Fsp3) is 0.333. The predicted octanol–water partition coefficient (Wildman–Crippen LogP) is 3.40. The molecule has 0 atom stereocenters. The Morgan fingerprint density at radius 2 is 1.95 bits per heavy atom. The molecule has 0 aliphatic rings. The van der Waals surface area contributed by atoms with Gasteiger partial charge in [0.1, 0.15) is 11.4 Å². The van der Waals surface area contributed by atoms with Gasteiger partial charge in [0.2, 0.25) is 0 Å². The molecule has 0 amide bonds. The third kappa shape index (κ3) is 2.90. The van der Waals surface area contributed by atoms with Gasteiger partial charge in [-0.05, 0) is 40.6 Å². The summed E-state index contributed by atoms with van der Waals surface area (Å²) in [4.78, 5) is 11.9. The van der Waals surface area contributed by atoms with E-state index in [0.29, 0.717) is 11.4 Å². The predicted molar refractivity (Wildman–Crippen MR) is 88.3 cm³/mol. The lowest BCUT2D eigenvalue weighted by Crippen LogP contribution is -2.07. The van der Waals surface area contributed by atoms with Crippen molar-refractivity contribution in [3.8, 4) is 11.4 Å². The van der Waals surface area contributed by atoms with E-state index in [1.54, 1.807) is 11.8 Å². The van der Waals surface area contributed by atoms with Gasteiger partial charge in [-0.3, -0.25) is 0 Å². The Hall–Kier alpha value is -1.57. The smallest absolute Gasteiger partial charge is 0.359 e. The molecular formula is C15H17IN2O3. The van der Waals surface area contributed by atoms with Crippen LogP contribution >= 0.6 is 22.6 Å². The molecule has 1 heterocycles. The third-order valence-electron chi connectivity index (χ3n) is 3.10. The van der Waals surface area contributed by atoms with Crippen molar-refractivity contribution in [3.63, 3.8) is 0 Å². The van der Waals surface area contributed by atoms with Gasteiger partial charge in [-0.25, -0.2) is 9.48 Å². The topological polar surface area (TPSA) is 53.3 Å². The second-order valence-electron chi connectivity index (χ2n) is 4.78. The number of para-hydroxylation sites is 2. The SMILES string of the molecule is COC(=O)c1nn(-c2ccccc2OC)c(C(C)C)c1I. The molecule has 112 valence electrons. The molecule has 0 saturated heterocycles. The van der Waals surface area contributed by atoms with Crippen molar-refractivity contribution in [2.75, 3.05) is 14.2 Å². The summed E-state index contributed by atoms with van der Waals surface area (Å²) in [7, 11) is 2.97. The maximum absolute atomic E-state index is 11.9. The number of methoxy groups -OCH3 is 2. The maximum atomic E-state index is 11.9. The summed E-state index contributed by atoms with van der Waals surface area (Å²) in [6.07, 6.45) is 0. The monoisotopic (exact) mass is 400 g/mol. The highest BCUT2D eigenvalue weighted by atomic mass is 127. The summed E-state index contributed by atoms with van der Waals surface area (Å²) in [6, 6.07) is 7.59. The van der Waals surface area contributed by atoms with Gasteiger partial charge in [0.05, 0.1) is 23.5 Å². The Morgan fingerprint density at radius 1 is 1.29 bits per heavy atom. The first-order valence-electron chi connectivity index (χ1n) is 6.51. The second-order valence-corrected chi connectivity index (χ2v) is 5.86. The van der Waals surface area contributed by atoms with Crippen molar-refractivity contribution in [1.82, 2.24) is 9.78 Å². The quantitative estimate of drug-likeness (QED) is 0.583. The van der Waals surface area contributed by atoms with Crippen LogP contribution in [0.5, 0.6) is 5.75 Å². The van der Waals surface area contributed by atoms with Crippen LogP contribution in [0.2, 0.25) is 0 Å². The second kappa shape index (κ2) is 6.46. The molecule has 2 rings (SSSR count). The Kier molecular flexibility index (Phi) is 4.87. The molecule has 0 radical (unpaired) electrons. The number of nitrogens with zero attached hydrogens (tertiary/aromatic N) is 2. The number of carbonyl (C=O) groups excluding carboxylic acids is 1. The first-order valence-corrected chi connectivity index (χ1v) is 7.59. The molecule has 0 spiro atoms. The molecule has 6 heteroatoms. The first kappa shape index (κ1) is 15.8. The normalized spacial score (nSPS) is 10.8. The van der Waals surface area contributed by atoms with Gasteiger partial charge in [0.15, 0.2) is 5.69 Å². The summed E-state index contributed by atoms with van der Waals surface area (Å²) in [6.45, 7) is 4.12. The molecule has 0 aliphatic heterocycles. The summed E-state index contributed by atoms with van der Waals surface area (Å²) in [5.41, 5.74) is 2.09. The summed E-state index contributed by atoms with van der Waals surface area (Å²) < 4.78 is 12.8. The molecular weight excluding hydrogens is 383 g/mol. The number of ether oxygens (including phenoxy) is 2. The number of carbonyl (C=O) groups is 1. The minimum absolute atomic E-state index is 0.202. The number of hydrogen-bond donors (Lipinski definition) is 0. The van der Waals surface area contributed by atoms with Crippen molar-refractivity contribution in [2.45, 2.75) is 19.8 Å². The minimum Gasteiger partial charge on any atom is -0.494 e. The molecule has 0 N–H and O–H groups in total. The Labute approximate surface area is 137 Å². The molecule has 0 aliphatic carbocycles. The molecule has 0 saturated carbocycles. The first-order chi connectivity index (χ1) is 10.0. The molecule has 5 nitrogen and oxygen atoms in total. The number of halogens is 1. The maximum Gasteiger partial charge on any atom is 0.359 e. The van der Waals surface area contributed by atoms with Crippen molar-refractivity contribution in [3.05, 3.63) is 39.2 Å². The number of rotatable bonds is 4. The van der Waals surface area contributed by atoms with Crippen molar-refractivity contribution >= 4 is 28.6 Å². The van der Waals surface area contributed by atoms with Crippen molar-refractivity contribution in [2.24, 2.45) is 0 Å². The average Bonchev–Trinajstić information content (AvgIpc) is 2.83. The van der Waals surface area contributed by atoms with Crippen LogP contribution in [-0.2, 0) is 4.74 Å². The van der Waals surface area contributed by atoms with E-state index in [0.717, 1.165) is 15.0 Å². The summed E-state index contributed by atoms with van der Waals surface area (Å²) >= 11 is 2.14. The third-order valence-corrected chi connectivity index (χ3v) is 4.16. The van der Waals surface area contributed by atoms with Crippen LogP contribution in [0.4, 0.5) is 0 Å². The van der Waals surface area contributed by atoms with E-state index in [4.69, 9.17) is 9.47 Å². The van der Waals surface area contributed by atoms with E-state index in [1.807, 2.05) is 24.3 Å². The van der Waals surface area contributed by atoms with Crippen LogP contribution in [0.1, 0.15) is 35.9 Å². The van der Waals surface area contributed by atoms with Crippen LogP contribution in [0.15, 0.2) is 24.3 Å². The summed E-state index contributed by atoms with van der Waals surface area (Å²) in [5.74, 6) is 0.470. The van der Waals surface area contributed by atoms with Gasteiger partial charge < -0.3 is 9.47 Å². The fourth-order valence-electron chi connectivity index (χ4n) is 2.13. The van der Waals surface area contributed by atoms with Crippen LogP contribution in [0.25, 0.3) is 5.69 Å². The van der Waals surface area contributed by atoms with E-state index in [9.17, 15) is 4.79 Å². The van der Waals surface area contributed by atoms with Crippen molar-refractivity contribution < 1.29 is 14.3 Å². The Bertz CT molecular complexity index is 665. The minimum atomic E-state index is -0.435. The van der Waals surface area contributed by atoms with Crippen LogP contribution in [0.3, 0.4) is 0 Å². The number of esters is 1. The van der Waals surface area contributed by atoms with Gasteiger partial charge in [-0.2, -0.15) is 5.10 Å². The lowest BCUT2D eigenvalue weighted by molar-refractivity contribution is 0.0592. The van der Waals surface area contributed by atoms with E-state index in [-0.39, 0.29) is 5.92 Å². The van der Waals surface area contributed by atoms with E-state index in [1.165, 1.54) is 7.11 Å². The highest BCUT2D eigenvalue weighted by molar-refractivity contribution is 14.1. The lowest BCUT2D eigenvalue weighted by atomic mass is 10.1. The largest absolute Gasteiger partial charge is 0.494 e. The number of aromatic nitrogens is 2. The zero-order chi connectivity index (χ0) is 15.6. The van der Waals surface area contributed by atoms with Crippen LogP contribution < -0.4 is 4.74 Å². The van der Waals surface area contributed by atoms with Gasteiger partial charge >= 0.3 is 5.97 Å². The molecule has 0 bridgehead atoms. The molecule has 21 heavy (non-hydrogen) atoms. The van der Waals surface area contributed by atoms with Gasteiger partial charge in [0.25, 0.3) is 0 Å². The Morgan fingerprint density at radius 3 is 2.52 bits per heavy atom. The molecule has 0 unspecified atom stereocenters. The fourth-order valence-corrected chi connectivity index (χ4v) is 3.30. The van der Waals surface area contributed by atoms with Crippen LogP contribution in [-0.4, -0.2) is 30.0 Å². The highest BCUT2D eigenvalue weighted by Gasteiger charge is 2.25. The zero-order valence-corrected chi connectivity index (χ0v) is 14.5. The van der Waals surface area contributed by atoms with E-state index >= 15 is 0 Å². The van der Waals surface area contributed by atoms with Gasteiger partial charge in [0, 0.05) is 0 Å². The standard InChI is InChI=1S/C15H17IN2O3/c1-9(2)14-12(16)13(15(19)21-4)17-18(14)10-7-5-6-8-11(10)20-3/h5-9H,1-4H3. The van der Waals surface area contributed by atoms with Gasteiger partial charge in [-0.1, -0.05) is 26.0 Å². The number of hydrogen-bond acceptors (Lipinski definition) is 4. The molecule has 0 fully saturated rings. The molecule has 1 aromatic carbocycles. The van der Waals surface area contributed by atoms with Crippen LogP contribution in [0, 0.1) is 3.57 Å².